The normalized spacial score (nSPS) is 10.5. The van der Waals surface area contributed by atoms with Gasteiger partial charge in [0.25, 0.3) is 0 Å². The highest BCUT2D eigenvalue weighted by Gasteiger charge is 2.08. The molecule has 0 saturated carbocycles. The molecule has 0 fully saturated rings. The Labute approximate surface area is 88.0 Å². The molecule has 2 heteroatoms. The molecule has 0 aliphatic carbocycles. The molecule has 0 rings (SSSR count). The molecule has 0 spiro atoms. The van der Waals surface area contributed by atoms with E-state index in [1.807, 2.05) is 0 Å². The standard InChI is InChI=1S/C12H23O2/c1-3-5-7-9-12(14-11-13)10-8-6-4-2/h12H,3-10H2,1-2H3. The monoisotopic (exact) mass is 199 g/mol. The fourth-order valence-corrected chi connectivity index (χ4v) is 1.57. The summed E-state index contributed by atoms with van der Waals surface area (Å²) in [5, 5.41) is 0. The van der Waals surface area contributed by atoms with Gasteiger partial charge in [-0.3, -0.25) is 0 Å². The average molecular weight is 199 g/mol. The summed E-state index contributed by atoms with van der Waals surface area (Å²) < 4.78 is 4.93. The number of ether oxygens (including phenoxy) is 1. The van der Waals surface area contributed by atoms with Gasteiger partial charge in [0.1, 0.15) is 6.10 Å². The zero-order valence-corrected chi connectivity index (χ0v) is 9.55. The van der Waals surface area contributed by atoms with E-state index in [1.54, 1.807) is 6.47 Å². The molecule has 0 aliphatic rings. The average Bonchev–Trinajstić information content (AvgIpc) is 2.18. The quantitative estimate of drug-likeness (QED) is 0.502. The highest BCUT2D eigenvalue weighted by molar-refractivity contribution is 5.38. The minimum atomic E-state index is 0.116. The third-order valence-corrected chi connectivity index (χ3v) is 2.47. The van der Waals surface area contributed by atoms with Crippen molar-refractivity contribution in [3.63, 3.8) is 0 Å². The molecule has 0 aromatic heterocycles. The fraction of sp³-hybridized carbons (Fsp3) is 0.917. The number of carbonyl (C=O) groups excluding carboxylic acids is 1. The van der Waals surface area contributed by atoms with Crippen molar-refractivity contribution >= 4 is 6.47 Å². The zero-order valence-electron chi connectivity index (χ0n) is 9.55. The Hall–Kier alpha value is -0.530. The number of hydrogen-bond acceptors (Lipinski definition) is 2. The van der Waals surface area contributed by atoms with Gasteiger partial charge in [0.05, 0.1) is 0 Å². The topological polar surface area (TPSA) is 26.3 Å². The van der Waals surface area contributed by atoms with Gasteiger partial charge >= 0.3 is 6.47 Å². The van der Waals surface area contributed by atoms with Crippen LogP contribution in [0.1, 0.15) is 65.2 Å². The van der Waals surface area contributed by atoms with Crippen molar-refractivity contribution in [2.75, 3.05) is 0 Å². The maximum absolute atomic E-state index is 10.1. The van der Waals surface area contributed by atoms with Gasteiger partial charge in [-0.1, -0.05) is 39.5 Å². The van der Waals surface area contributed by atoms with Crippen LogP contribution in [0.4, 0.5) is 0 Å². The van der Waals surface area contributed by atoms with Crippen LogP contribution in [0.5, 0.6) is 0 Å². The number of hydrogen-bond donors (Lipinski definition) is 0. The van der Waals surface area contributed by atoms with Crippen molar-refractivity contribution < 1.29 is 9.53 Å². The minimum Gasteiger partial charge on any atom is -0.454 e. The molecule has 0 N–H and O–H groups in total. The van der Waals surface area contributed by atoms with Crippen molar-refractivity contribution in [3.05, 3.63) is 0 Å². The van der Waals surface area contributed by atoms with Gasteiger partial charge in [-0.05, 0) is 25.7 Å². The van der Waals surface area contributed by atoms with Crippen LogP contribution in [0.15, 0.2) is 0 Å². The summed E-state index contributed by atoms with van der Waals surface area (Å²) in [5.41, 5.74) is 0. The fourth-order valence-electron chi connectivity index (χ4n) is 1.57. The molecular formula is C12H23O2. The van der Waals surface area contributed by atoms with Crippen molar-refractivity contribution in [1.82, 2.24) is 0 Å². The van der Waals surface area contributed by atoms with Gasteiger partial charge in [-0.15, -0.1) is 0 Å². The van der Waals surface area contributed by atoms with Crippen LogP contribution in [-0.4, -0.2) is 12.6 Å². The predicted molar refractivity (Wildman–Crippen MR) is 58.9 cm³/mol. The van der Waals surface area contributed by atoms with E-state index in [-0.39, 0.29) is 6.10 Å². The molecule has 2 nitrogen and oxygen atoms in total. The maximum atomic E-state index is 10.1. The lowest BCUT2D eigenvalue weighted by Crippen LogP contribution is -2.11. The lowest BCUT2D eigenvalue weighted by Gasteiger charge is -2.13. The van der Waals surface area contributed by atoms with Crippen LogP contribution in [0, 0.1) is 0 Å². The van der Waals surface area contributed by atoms with Gasteiger partial charge in [0.15, 0.2) is 0 Å². The third-order valence-electron chi connectivity index (χ3n) is 2.47. The molecule has 83 valence electrons. The Balaban J connectivity index is 3.49. The first-order valence-electron chi connectivity index (χ1n) is 5.87. The SMILES string of the molecule is CCCCCC(CCCCC)O[C]=O. The first-order valence-corrected chi connectivity index (χ1v) is 5.87. The van der Waals surface area contributed by atoms with Crippen LogP contribution < -0.4 is 0 Å². The third kappa shape index (κ3) is 8.09. The highest BCUT2D eigenvalue weighted by Crippen LogP contribution is 2.13. The lowest BCUT2D eigenvalue weighted by molar-refractivity contribution is 0.151. The van der Waals surface area contributed by atoms with E-state index in [1.165, 1.54) is 25.7 Å². The van der Waals surface area contributed by atoms with Gasteiger partial charge in [0.2, 0.25) is 0 Å². The Morgan fingerprint density at radius 1 is 1.00 bits per heavy atom. The molecule has 0 bridgehead atoms. The second-order valence-electron chi connectivity index (χ2n) is 3.81. The molecule has 0 atom stereocenters. The molecule has 0 saturated heterocycles. The molecule has 14 heavy (non-hydrogen) atoms. The first-order chi connectivity index (χ1) is 6.85. The molecule has 0 amide bonds. The lowest BCUT2D eigenvalue weighted by atomic mass is 10.0. The van der Waals surface area contributed by atoms with Crippen molar-refractivity contribution in [2.45, 2.75) is 71.3 Å². The molecular weight excluding hydrogens is 176 g/mol. The van der Waals surface area contributed by atoms with Crippen molar-refractivity contribution in [3.8, 4) is 0 Å². The Kier molecular flexibility index (Phi) is 10.2. The van der Waals surface area contributed by atoms with Crippen LogP contribution in [0.3, 0.4) is 0 Å². The first kappa shape index (κ1) is 13.5. The van der Waals surface area contributed by atoms with Crippen molar-refractivity contribution in [2.24, 2.45) is 0 Å². The van der Waals surface area contributed by atoms with E-state index in [2.05, 4.69) is 13.8 Å². The van der Waals surface area contributed by atoms with Gasteiger partial charge in [-0.25, -0.2) is 4.79 Å². The predicted octanol–water partition coefficient (Wildman–Crippen LogP) is 3.60. The molecule has 0 aromatic rings. The summed E-state index contributed by atoms with van der Waals surface area (Å²) in [4.78, 5) is 10.1. The van der Waals surface area contributed by atoms with E-state index in [0.717, 1.165) is 25.7 Å². The largest absolute Gasteiger partial charge is 0.454 e. The molecule has 0 aromatic carbocycles. The summed E-state index contributed by atoms with van der Waals surface area (Å²) in [6, 6.07) is 0. The summed E-state index contributed by atoms with van der Waals surface area (Å²) in [6.45, 7) is 5.93. The zero-order chi connectivity index (χ0) is 10.6. The number of rotatable bonds is 10. The van der Waals surface area contributed by atoms with Gasteiger partial charge < -0.3 is 4.74 Å². The Morgan fingerprint density at radius 3 is 1.86 bits per heavy atom. The molecule has 1 radical (unpaired) electrons. The summed E-state index contributed by atoms with van der Waals surface area (Å²) >= 11 is 0. The summed E-state index contributed by atoms with van der Waals surface area (Å²) in [7, 11) is 0. The summed E-state index contributed by atoms with van der Waals surface area (Å²) in [6.07, 6.45) is 9.34. The minimum absolute atomic E-state index is 0.116. The Morgan fingerprint density at radius 2 is 1.50 bits per heavy atom. The van der Waals surface area contributed by atoms with Crippen LogP contribution >= 0.6 is 0 Å². The van der Waals surface area contributed by atoms with Gasteiger partial charge in [-0.2, -0.15) is 0 Å². The smallest absolute Gasteiger partial charge is 0.417 e. The van der Waals surface area contributed by atoms with Crippen LogP contribution in [0.25, 0.3) is 0 Å². The maximum Gasteiger partial charge on any atom is 0.417 e. The second kappa shape index (κ2) is 10.6. The van der Waals surface area contributed by atoms with Gasteiger partial charge in [0, 0.05) is 0 Å². The molecule has 0 heterocycles. The van der Waals surface area contributed by atoms with E-state index in [9.17, 15) is 4.79 Å². The van der Waals surface area contributed by atoms with E-state index >= 15 is 0 Å². The highest BCUT2D eigenvalue weighted by atomic mass is 16.5. The van der Waals surface area contributed by atoms with E-state index in [0.29, 0.717) is 0 Å². The van der Waals surface area contributed by atoms with Crippen LogP contribution in [-0.2, 0) is 9.53 Å². The molecule has 0 unspecified atom stereocenters. The summed E-state index contributed by atoms with van der Waals surface area (Å²) in [5.74, 6) is 0. The van der Waals surface area contributed by atoms with E-state index in [4.69, 9.17) is 4.74 Å². The molecule has 0 aliphatic heterocycles. The Bertz CT molecular complexity index is 113. The van der Waals surface area contributed by atoms with E-state index < -0.39 is 0 Å². The number of unbranched alkanes of at least 4 members (excludes halogenated alkanes) is 4. The van der Waals surface area contributed by atoms with Crippen LogP contribution in [0.2, 0.25) is 0 Å². The second-order valence-corrected chi connectivity index (χ2v) is 3.81. The van der Waals surface area contributed by atoms with Crippen molar-refractivity contribution in [1.29, 1.82) is 0 Å².